The number of hydrogen-bond acceptors (Lipinski definition) is 5. The highest BCUT2D eigenvalue weighted by Crippen LogP contribution is 2.29. The van der Waals surface area contributed by atoms with Crippen molar-refractivity contribution in [3.63, 3.8) is 0 Å². The summed E-state index contributed by atoms with van der Waals surface area (Å²) in [5, 5.41) is 4.24. The largest absolute Gasteiger partial charge is 0.495 e. The average Bonchev–Trinajstić information content (AvgIpc) is 2.38. The molecule has 0 spiro atoms. The summed E-state index contributed by atoms with van der Waals surface area (Å²) in [7, 11) is 1.64. The number of nitrogens with one attached hydrogen (secondary N) is 1. The molecule has 1 aromatic heterocycles. The zero-order valence-electron chi connectivity index (χ0n) is 10.9. The van der Waals surface area contributed by atoms with Crippen molar-refractivity contribution < 1.29 is 4.74 Å². The molecule has 2 rings (SSSR count). The molecule has 0 atom stereocenters. The van der Waals surface area contributed by atoms with Gasteiger partial charge in [0.1, 0.15) is 16.7 Å². The molecule has 0 bridgehead atoms. The number of benzene rings is 1. The highest BCUT2D eigenvalue weighted by molar-refractivity contribution is 7.98. The number of aryl methyl sites for hydroxylation is 1. The molecule has 2 aromatic rings. The quantitative estimate of drug-likeness (QED) is 0.526. The van der Waals surface area contributed by atoms with Gasteiger partial charge >= 0.3 is 0 Å². The maximum atomic E-state index is 5.96. The number of methoxy groups -OCH3 is 1. The summed E-state index contributed by atoms with van der Waals surface area (Å²) in [6, 6.07) is 7.58. The minimum Gasteiger partial charge on any atom is -0.495 e. The highest BCUT2D eigenvalue weighted by Gasteiger charge is 2.07. The van der Waals surface area contributed by atoms with Gasteiger partial charge in [-0.15, -0.1) is 0 Å². The Bertz CT molecular complexity index is 592. The van der Waals surface area contributed by atoms with Gasteiger partial charge in [-0.2, -0.15) is 0 Å². The van der Waals surface area contributed by atoms with Crippen LogP contribution in [0.2, 0.25) is 5.15 Å². The molecule has 0 unspecified atom stereocenters. The standard InChI is InChI=1S/C13H14ClN3OS/c1-8-4-5-10(18-2)9(6-8)15-12-7-11(14)16-13(17-12)19-3/h4-7H,1-3H3,(H,15,16,17). The molecule has 19 heavy (non-hydrogen) atoms. The molecular formula is C13H14ClN3OS. The Morgan fingerprint density at radius 1 is 1.26 bits per heavy atom. The summed E-state index contributed by atoms with van der Waals surface area (Å²) < 4.78 is 5.32. The minimum absolute atomic E-state index is 0.411. The van der Waals surface area contributed by atoms with Crippen molar-refractivity contribution in [2.45, 2.75) is 12.1 Å². The van der Waals surface area contributed by atoms with Crippen molar-refractivity contribution in [1.29, 1.82) is 0 Å². The van der Waals surface area contributed by atoms with Gasteiger partial charge in [-0.3, -0.25) is 0 Å². The molecule has 0 aliphatic rings. The van der Waals surface area contributed by atoms with Crippen molar-refractivity contribution >= 4 is 34.9 Å². The van der Waals surface area contributed by atoms with E-state index in [1.807, 2.05) is 31.4 Å². The predicted molar refractivity (Wildman–Crippen MR) is 79.8 cm³/mol. The van der Waals surface area contributed by atoms with Crippen LogP contribution in [0.3, 0.4) is 0 Å². The molecule has 1 heterocycles. The van der Waals surface area contributed by atoms with Crippen LogP contribution in [-0.2, 0) is 0 Å². The van der Waals surface area contributed by atoms with Gasteiger partial charge in [-0.05, 0) is 30.9 Å². The maximum absolute atomic E-state index is 5.96. The Kier molecular flexibility index (Phi) is 4.50. The maximum Gasteiger partial charge on any atom is 0.190 e. The summed E-state index contributed by atoms with van der Waals surface area (Å²) in [6.07, 6.45) is 1.91. The van der Waals surface area contributed by atoms with Crippen LogP contribution < -0.4 is 10.1 Å². The molecule has 0 fully saturated rings. The van der Waals surface area contributed by atoms with Gasteiger partial charge in [-0.25, -0.2) is 9.97 Å². The van der Waals surface area contributed by atoms with E-state index in [1.54, 1.807) is 13.2 Å². The number of ether oxygens (including phenoxy) is 1. The van der Waals surface area contributed by atoms with Crippen molar-refractivity contribution in [2.24, 2.45) is 0 Å². The van der Waals surface area contributed by atoms with E-state index in [0.717, 1.165) is 17.0 Å². The third-order valence-corrected chi connectivity index (χ3v) is 3.22. The lowest BCUT2D eigenvalue weighted by Gasteiger charge is -2.12. The molecule has 0 saturated carbocycles. The topological polar surface area (TPSA) is 47.0 Å². The molecule has 0 radical (unpaired) electrons. The van der Waals surface area contributed by atoms with Crippen molar-refractivity contribution in [3.05, 3.63) is 35.0 Å². The van der Waals surface area contributed by atoms with E-state index in [4.69, 9.17) is 16.3 Å². The van der Waals surface area contributed by atoms with Crippen LogP contribution in [0.5, 0.6) is 5.75 Å². The van der Waals surface area contributed by atoms with Gasteiger partial charge < -0.3 is 10.1 Å². The van der Waals surface area contributed by atoms with Gasteiger partial charge in [0.2, 0.25) is 0 Å². The van der Waals surface area contributed by atoms with E-state index >= 15 is 0 Å². The first kappa shape index (κ1) is 14.0. The molecule has 4 nitrogen and oxygen atoms in total. The van der Waals surface area contributed by atoms with Crippen molar-refractivity contribution in [3.8, 4) is 5.75 Å². The molecule has 100 valence electrons. The first-order valence-corrected chi connectivity index (χ1v) is 7.23. The van der Waals surface area contributed by atoms with Gasteiger partial charge in [-0.1, -0.05) is 29.4 Å². The number of aromatic nitrogens is 2. The fourth-order valence-corrected chi connectivity index (χ4v) is 2.22. The molecule has 0 saturated heterocycles. The number of nitrogens with zero attached hydrogens (tertiary/aromatic N) is 2. The highest BCUT2D eigenvalue weighted by atomic mass is 35.5. The molecule has 1 N–H and O–H groups in total. The average molecular weight is 296 g/mol. The van der Waals surface area contributed by atoms with Crippen LogP contribution in [0.1, 0.15) is 5.56 Å². The normalized spacial score (nSPS) is 10.3. The second kappa shape index (κ2) is 6.12. The number of rotatable bonds is 4. The van der Waals surface area contributed by atoms with Crippen LogP contribution in [-0.4, -0.2) is 23.3 Å². The number of thioether (sulfide) groups is 1. The third-order valence-electron chi connectivity index (χ3n) is 2.47. The van der Waals surface area contributed by atoms with Gasteiger partial charge in [0, 0.05) is 6.07 Å². The van der Waals surface area contributed by atoms with Crippen LogP contribution >= 0.6 is 23.4 Å². The molecule has 0 aliphatic heterocycles. The number of hydrogen-bond donors (Lipinski definition) is 1. The zero-order valence-corrected chi connectivity index (χ0v) is 12.5. The smallest absolute Gasteiger partial charge is 0.190 e. The fourth-order valence-electron chi connectivity index (χ4n) is 1.61. The molecule has 6 heteroatoms. The van der Waals surface area contributed by atoms with Crippen LogP contribution in [0.25, 0.3) is 0 Å². The first-order chi connectivity index (χ1) is 9.12. The summed E-state index contributed by atoms with van der Waals surface area (Å²) >= 11 is 7.41. The molecule has 1 aromatic carbocycles. The second-order valence-electron chi connectivity index (χ2n) is 3.89. The van der Waals surface area contributed by atoms with Crippen LogP contribution in [0, 0.1) is 6.92 Å². The molecule has 0 aliphatic carbocycles. The fraction of sp³-hybridized carbons (Fsp3) is 0.231. The van der Waals surface area contributed by atoms with Crippen LogP contribution in [0.15, 0.2) is 29.4 Å². The SMILES string of the molecule is COc1ccc(C)cc1Nc1cc(Cl)nc(SC)n1. The third kappa shape index (κ3) is 3.52. The van der Waals surface area contributed by atoms with Gasteiger partial charge in [0.25, 0.3) is 0 Å². The molecular weight excluding hydrogens is 282 g/mol. The Hall–Kier alpha value is -1.46. The summed E-state index contributed by atoms with van der Waals surface area (Å²) in [5.41, 5.74) is 1.98. The summed E-state index contributed by atoms with van der Waals surface area (Å²) in [4.78, 5) is 8.45. The monoisotopic (exact) mass is 295 g/mol. The Labute approximate surface area is 121 Å². The molecule has 0 amide bonds. The Morgan fingerprint density at radius 3 is 2.74 bits per heavy atom. The zero-order chi connectivity index (χ0) is 13.8. The lowest BCUT2D eigenvalue weighted by Crippen LogP contribution is -1.99. The second-order valence-corrected chi connectivity index (χ2v) is 5.05. The predicted octanol–water partition coefficient (Wildman–Crippen LogP) is 3.91. The van der Waals surface area contributed by atoms with Crippen molar-refractivity contribution in [2.75, 3.05) is 18.7 Å². The van der Waals surface area contributed by atoms with E-state index in [-0.39, 0.29) is 0 Å². The van der Waals surface area contributed by atoms with E-state index < -0.39 is 0 Å². The van der Waals surface area contributed by atoms with Gasteiger partial charge in [0.15, 0.2) is 5.16 Å². The van der Waals surface area contributed by atoms with E-state index in [2.05, 4.69) is 15.3 Å². The van der Waals surface area contributed by atoms with Crippen LogP contribution in [0.4, 0.5) is 11.5 Å². The lowest BCUT2D eigenvalue weighted by atomic mass is 10.2. The van der Waals surface area contributed by atoms with Gasteiger partial charge in [0.05, 0.1) is 12.8 Å². The Morgan fingerprint density at radius 2 is 2.05 bits per heavy atom. The Balaban J connectivity index is 2.35. The van der Waals surface area contributed by atoms with E-state index in [0.29, 0.717) is 16.1 Å². The van der Waals surface area contributed by atoms with E-state index in [1.165, 1.54) is 11.8 Å². The summed E-state index contributed by atoms with van der Waals surface area (Å²) in [5.74, 6) is 1.40. The number of anilines is 2. The van der Waals surface area contributed by atoms with Crippen molar-refractivity contribution in [1.82, 2.24) is 9.97 Å². The lowest BCUT2D eigenvalue weighted by molar-refractivity contribution is 0.416. The summed E-state index contributed by atoms with van der Waals surface area (Å²) in [6.45, 7) is 2.02. The first-order valence-electron chi connectivity index (χ1n) is 5.62. The number of halogens is 1. The minimum atomic E-state index is 0.411. The van der Waals surface area contributed by atoms with E-state index in [9.17, 15) is 0 Å².